The average molecular weight is 365 g/mol. The molecule has 0 spiro atoms. The third kappa shape index (κ3) is 5.29. The minimum absolute atomic E-state index is 0.0433. The zero-order valence-corrected chi connectivity index (χ0v) is 15.0. The van der Waals surface area contributed by atoms with Gasteiger partial charge in [-0.1, -0.05) is 29.9 Å². The Kier molecular flexibility index (Phi) is 7.42. The number of hydrogen-bond donors (Lipinski definition) is 1. The molecule has 0 aromatic carbocycles. The Labute approximate surface area is 151 Å². The van der Waals surface area contributed by atoms with E-state index in [1.807, 2.05) is 22.5 Å². The van der Waals surface area contributed by atoms with Crippen LogP contribution in [0.3, 0.4) is 0 Å². The standard InChI is InChI=1S/C17H23N3O4S/c1-24-17(21)15-8-7-13(9-11-18)10-12-19(15)25-16-6-4-2-3-5-14(16)20(22)23/h2-3,5-7,15H,4,8-12,18H2,1H3. The van der Waals surface area contributed by atoms with E-state index < -0.39 is 11.0 Å². The van der Waals surface area contributed by atoms with E-state index in [1.54, 1.807) is 6.08 Å². The molecule has 2 rings (SSSR count). The molecule has 1 unspecified atom stereocenters. The first kappa shape index (κ1) is 19.4. The molecule has 136 valence electrons. The number of hydrogen-bond acceptors (Lipinski definition) is 7. The van der Waals surface area contributed by atoms with Gasteiger partial charge in [0.25, 0.3) is 5.70 Å². The number of nitrogens with zero attached hydrogens (tertiary/aromatic N) is 2. The van der Waals surface area contributed by atoms with Crippen molar-refractivity contribution in [1.29, 1.82) is 0 Å². The van der Waals surface area contributed by atoms with Crippen molar-refractivity contribution < 1.29 is 14.5 Å². The molecule has 0 radical (unpaired) electrons. The van der Waals surface area contributed by atoms with Gasteiger partial charge in [0.15, 0.2) is 0 Å². The maximum atomic E-state index is 12.2. The Bertz CT molecular complexity index is 640. The highest BCUT2D eigenvalue weighted by Crippen LogP contribution is 2.34. The van der Waals surface area contributed by atoms with Crippen LogP contribution in [0.25, 0.3) is 0 Å². The van der Waals surface area contributed by atoms with Crippen LogP contribution in [0.15, 0.2) is 46.6 Å². The van der Waals surface area contributed by atoms with Gasteiger partial charge >= 0.3 is 5.97 Å². The number of esters is 1. The molecule has 2 aliphatic rings. The average Bonchev–Trinajstić information content (AvgIpc) is 2.94. The topological polar surface area (TPSA) is 98.7 Å². The number of rotatable bonds is 6. The van der Waals surface area contributed by atoms with Gasteiger partial charge in [0.1, 0.15) is 6.04 Å². The summed E-state index contributed by atoms with van der Waals surface area (Å²) >= 11 is 1.26. The Morgan fingerprint density at radius 3 is 3.00 bits per heavy atom. The van der Waals surface area contributed by atoms with Gasteiger partial charge in [-0.15, -0.1) is 0 Å². The Morgan fingerprint density at radius 1 is 1.52 bits per heavy atom. The van der Waals surface area contributed by atoms with Gasteiger partial charge in [0.05, 0.1) is 16.9 Å². The number of allylic oxidation sites excluding steroid dienone is 4. The number of carbonyl (C=O) groups excluding carboxylic acids is 1. The number of nitrogens with two attached hydrogens (primary N) is 1. The van der Waals surface area contributed by atoms with Crippen LogP contribution in [-0.4, -0.2) is 41.4 Å². The van der Waals surface area contributed by atoms with Crippen LogP contribution in [0, 0.1) is 10.1 Å². The maximum absolute atomic E-state index is 12.2. The van der Waals surface area contributed by atoms with E-state index in [1.165, 1.54) is 30.7 Å². The summed E-state index contributed by atoms with van der Waals surface area (Å²) in [4.78, 5) is 23.7. The lowest BCUT2D eigenvalue weighted by atomic mass is 10.1. The Balaban J connectivity index is 2.21. The van der Waals surface area contributed by atoms with Crippen LogP contribution >= 0.6 is 11.9 Å². The summed E-state index contributed by atoms with van der Waals surface area (Å²) in [5, 5.41) is 11.4. The zero-order valence-electron chi connectivity index (χ0n) is 14.2. The van der Waals surface area contributed by atoms with Gasteiger partial charge in [0.2, 0.25) is 0 Å². The lowest BCUT2D eigenvalue weighted by Gasteiger charge is -2.26. The van der Waals surface area contributed by atoms with Crippen molar-refractivity contribution >= 4 is 17.9 Å². The molecule has 7 nitrogen and oxygen atoms in total. The van der Waals surface area contributed by atoms with E-state index in [4.69, 9.17) is 10.5 Å². The monoisotopic (exact) mass is 365 g/mol. The highest BCUT2D eigenvalue weighted by molar-refractivity contribution is 8.01. The van der Waals surface area contributed by atoms with Crippen molar-refractivity contribution in [3.05, 3.63) is 56.7 Å². The van der Waals surface area contributed by atoms with Crippen molar-refractivity contribution in [1.82, 2.24) is 4.31 Å². The molecule has 0 amide bonds. The van der Waals surface area contributed by atoms with E-state index in [-0.39, 0.29) is 11.7 Å². The van der Waals surface area contributed by atoms with E-state index in [0.717, 1.165) is 12.8 Å². The number of methoxy groups -OCH3 is 1. The van der Waals surface area contributed by atoms with E-state index in [2.05, 4.69) is 0 Å². The third-order valence-electron chi connectivity index (χ3n) is 4.06. The van der Waals surface area contributed by atoms with Gasteiger partial charge in [-0.2, -0.15) is 0 Å². The molecular weight excluding hydrogens is 342 g/mol. The first-order valence-electron chi connectivity index (χ1n) is 8.19. The summed E-state index contributed by atoms with van der Waals surface area (Å²) < 4.78 is 6.82. The van der Waals surface area contributed by atoms with Crippen LogP contribution < -0.4 is 5.73 Å². The zero-order chi connectivity index (χ0) is 18.2. The van der Waals surface area contributed by atoms with Gasteiger partial charge in [0, 0.05) is 12.6 Å². The second-order valence-corrected chi connectivity index (χ2v) is 6.79. The largest absolute Gasteiger partial charge is 0.468 e. The fourth-order valence-electron chi connectivity index (χ4n) is 2.74. The Hall–Kier alpha value is -1.90. The molecule has 0 bridgehead atoms. The molecule has 0 aromatic rings. The van der Waals surface area contributed by atoms with Crippen LogP contribution in [0.2, 0.25) is 0 Å². The van der Waals surface area contributed by atoms with E-state index in [0.29, 0.717) is 30.8 Å². The molecule has 1 aliphatic carbocycles. The molecule has 1 heterocycles. The lowest BCUT2D eigenvalue weighted by molar-refractivity contribution is -0.419. The molecule has 25 heavy (non-hydrogen) atoms. The minimum Gasteiger partial charge on any atom is -0.468 e. The quantitative estimate of drug-likeness (QED) is 0.254. The molecule has 0 saturated carbocycles. The maximum Gasteiger partial charge on any atom is 0.324 e. The van der Waals surface area contributed by atoms with Gasteiger partial charge in [-0.05, 0) is 44.2 Å². The van der Waals surface area contributed by atoms with Crippen molar-refractivity contribution in [3.8, 4) is 0 Å². The number of nitro groups is 1. The summed E-state index contributed by atoms with van der Waals surface area (Å²) in [5.41, 5.74) is 6.89. The van der Waals surface area contributed by atoms with E-state index >= 15 is 0 Å². The molecule has 2 N–H and O–H groups in total. The molecule has 0 aromatic heterocycles. The molecule has 8 heteroatoms. The predicted octanol–water partition coefficient (Wildman–Crippen LogP) is 2.55. The highest BCUT2D eigenvalue weighted by atomic mass is 32.2. The van der Waals surface area contributed by atoms with Gasteiger partial charge < -0.3 is 10.5 Å². The van der Waals surface area contributed by atoms with Crippen molar-refractivity contribution in [2.45, 2.75) is 31.7 Å². The van der Waals surface area contributed by atoms with Crippen molar-refractivity contribution in [2.75, 3.05) is 20.2 Å². The smallest absolute Gasteiger partial charge is 0.324 e. The molecule has 0 saturated heterocycles. The molecule has 0 fully saturated rings. The highest BCUT2D eigenvalue weighted by Gasteiger charge is 2.31. The van der Waals surface area contributed by atoms with Crippen molar-refractivity contribution in [3.63, 3.8) is 0 Å². The van der Waals surface area contributed by atoms with Gasteiger partial charge in [-0.3, -0.25) is 14.9 Å². The van der Waals surface area contributed by atoms with Crippen LogP contribution in [0.4, 0.5) is 0 Å². The van der Waals surface area contributed by atoms with Crippen LogP contribution in [-0.2, 0) is 9.53 Å². The fourth-order valence-corrected chi connectivity index (χ4v) is 3.88. The summed E-state index contributed by atoms with van der Waals surface area (Å²) in [5.74, 6) is -0.336. The molecule has 1 atom stereocenters. The summed E-state index contributed by atoms with van der Waals surface area (Å²) in [6.45, 7) is 1.17. The summed E-state index contributed by atoms with van der Waals surface area (Å²) in [7, 11) is 1.36. The second-order valence-electron chi connectivity index (χ2n) is 5.70. The van der Waals surface area contributed by atoms with Crippen LogP contribution in [0.1, 0.15) is 25.7 Å². The van der Waals surface area contributed by atoms with Crippen LogP contribution in [0.5, 0.6) is 0 Å². The number of ether oxygens (including phenoxy) is 1. The van der Waals surface area contributed by atoms with Gasteiger partial charge in [-0.25, -0.2) is 4.31 Å². The molecule has 1 aliphatic heterocycles. The summed E-state index contributed by atoms with van der Waals surface area (Å²) in [6.07, 6.45) is 11.6. The Morgan fingerprint density at radius 2 is 2.32 bits per heavy atom. The third-order valence-corrected chi connectivity index (χ3v) is 5.31. The second kappa shape index (κ2) is 9.55. The minimum atomic E-state index is -0.476. The van der Waals surface area contributed by atoms with Crippen molar-refractivity contribution in [2.24, 2.45) is 5.73 Å². The lowest BCUT2D eigenvalue weighted by Crippen LogP contribution is -2.37. The first-order chi connectivity index (χ1) is 12.1. The number of carbonyl (C=O) groups is 1. The summed E-state index contributed by atoms with van der Waals surface area (Å²) in [6, 6.07) is -0.476. The molecular formula is C17H23N3O4S. The predicted molar refractivity (Wildman–Crippen MR) is 98.0 cm³/mol. The fraction of sp³-hybridized carbons (Fsp3) is 0.471. The normalized spacial score (nSPS) is 21.5. The SMILES string of the molecule is COC(=O)C1CC=C(CCN)CCN1SC1=CCC=CC=C1[N+](=O)[O-]. The first-order valence-corrected chi connectivity index (χ1v) is 8.96. The van der Waals surface area contributed by atoms with E-state index in [9.17, 15) is 14.9 Å².